The Morgan fingerprint density at radius 1 is 1.10 bits per heavy atom. The summed E-state index contributed by atoms with van der Waals surface area (Å²) in [7, 11) is 3.07. The van der Waals surface area contributed by atoms with Crippen LogP contribution in [0.5, 0.6) is 11.5 Å². The summed E-state index contributed by atoms with van der Waals surface area (Å²) in [6, 6.07) is 10.6. The summed E-state index contributed by atoms with van der Waals surface area (Å²) in [6.45, 7) is 0.332. The van der Waals surface area contributed by atoms with Gasteiger partial charge in [0.1, 0.15) is 17.2 Å². The highest BCUT2D eigenvalue weighted by Crippen LogP contribution is 2.27. The lowest BCUT2D eigenvalue weighted by atomic mass is 10.2. The highest BCUT2D eigenvalue weighted by molar-refractivity contribution is 5.76. The van der Waals surface area contributed by atoms with Gasteiger partial charge < -0.3 is 19.8 Å². The van der Waals surface area contributed by atoms with Crippen molar-refractivity contribution in [3.63, 3.8) is 0 Å². The predicted octanol–water partition coefficient (Wildman–Crippen LogP) is 1.49. The number of methoxy groups -OCH3 is 2. The minimum atomic E-state index is -0.394. The van der Waals surface area contributed by atoms with Crippen LogP contribution >= 0.6 is 0 Å². The van der Waals surface area contributed by atoms with Gasteiger partial charge in [-0.25, -0.2) is 0 Å². The fourth-order valence-electron chi connectivity index (χ4n) is 2.61. The number of hydrogen-bond acceptors (Lipinski definition) is 7. The monoisotopic (exact) mass is 395 g/mol. The van der Waals surface area contributed by atoms with Gasteiger partial charge in [0, 0.05) is 30.7 Å². The molecule has 2 N–H and O–H groups in total. The van der Waals surface area contributed by atoms with Crippen molar-refractivity contribution in [2.75, 3.05) is 14.2 Å². The molecule has 9 heteroatoms. The molecule has 2 aromatic heterocycles. The SMILES string of the molecule is COc1cc(OC)cc(-c2nnc(CCC(=O)NCc3ccccn3)c(=O)[nH]2)c1. The zero-order valence-corrected chi connectivity index (χ0v) is 16.1. The topological polar surface area (TPSA) is 119 Å². The average Bonchev–Trinajstić information content (AvgIpc) is 2.77. The first-order valence-electron chi connectivity index (χ1n) is 8.95. The van der Waals surface area contributed by atoms with E-state index in [1.54, 1.807) is 24.4 Å². The predicted molar refractivity (Wildman–Crippen MR) is 106 cm³/mol. The number of hydrogen-bond donors (Lipinski definition) is 2. The Morgan fingerprint density at radius 3 is 2.48 bits per heavy atom. The van der Waals surface area contributed by atoms with Gasteiger partial charge in [-0.05, 0) is 24.3 Å². The molecular formula is C20H21N5O4. The largest absolute Gasteiger partial charge is 0.497 e. The highest BCUT2D eigenvalue weighted by Gasteiger charge is 2.11. The summed E-state index contributed by atoms with van der Waals surface area (Å²) >= 11 is 0. The van der Waals surface area contributed by atoms with E-state index in [1.165, 1.54) is 14.2 Å². The fourth-order valence-corrected chi connectivity index (χ4v) is 2.61. The van der Waals surface area contributed by atoms with E-state index in [0.29, 0.717) is 23.6 Å². The maximum atomic E-state index is 12.4. The molecular weight excluding hydrogens is 374 g/mol. The minimum absolute atomic E-state index is 0.122. The number of nitrogens with zero attached hydrogens (tertiary/aromatic N) is 3. The van der Waals surface area contributed by atoms with Crippen LogP contribution in [0.1, 0.15) is 17.8 Å². The lowest BCUT2D eigenvalue weighted by molar-refractivity contribution is -0.121. The number of aromatic nitrogens is 4. The average molecular weight is 395 g/mol. The molecule has 1 amide bonds. The second-order valence-corrected chi connectivity index (χ2v) is 6.15. The van der Waals surface area contributed by atoms with Crippen LogP contribution in [-0.2, 0) is 17.8 Å². The Kier molecular flexibility index (Phi) is 6.51. The van der Waals surface area contributed by atoms with Crippen molar-refractivity contribution in [3.05, 3.63) is 64.3 Å². The molecule has 9 nitrogen and oxygen atoms in total. The summed E-state index contributed by atoms with van der Waals surface area (Å²) in [4.78, 5) is 31.2. The molecule has 3 aromatic rings. The van der Waals surface area contributed by atoms with Crippen molar-refractivity contribution in [1.29, 1.82) is 0 Å². The molecule has 2 heterocycles. The molecule has 29 heavy (non-hydrogen) atoms. The van der Waals surface area contributed by atoms with Crippen molar-refractivity contribution >= 4 is 5.91 Å². The van der Waals surface area contributed by atoms with Gasteiger partial charge >= 0.3 is 0 Å². The van der Waals surface area contributed by atoms with Gasteiger partial charge in [-0.3, -0.25) is 14.6 Å². The number of aromatic amines is 1. The first-order valence-corrected chi connectivity index (χ1v) is 8.95. The van der Waals surface area contributed by atoms with Gasteiger partial charge in [0.2, 0.25) is 5.91 Å². The van der Waals surface area contributed by atoms with E-state index in [0.717, 1.165) is 5.69 Å². The summed E-state index contributed by atoms with van der Waals surface area (Å²) in [6.07, 6.45) is 1.96. The number of rotatable bonds is 8. The Labute approximate surface area is 167 Å². The van der Waals surface area contributed by atoms with Gasteiger partial charge in [0.15, 0.2) is 5.82 Å². The molecule has 0 atom stereocenters. The molecule has 0 spiro atoms. The van der Waals surface area contributed by atoms with Gasteiger partial charge in [-0.1, -0.05) is 6.07 Å². The maximum absolute atomic E-state index is 12.4. The van der Waals surface area contributed by atoms with Crippen molar-refractivity contribution in [1.82, 2.24) is 25.5 Å². The van der Waals surface area contributed by atoms with Gasteiger partial charge in [-0.2, -0.15) is 0 Å². The lowest BCUT2D eigenvalue weighted by Gasteiger charge is -2.08. The summed E-state index contributed by atoms with van der Waals surface area (Å²) in [5, 5.41) is 10.8. The number of ether oxygens (including phenoxy) is 2. The molecule has 0 unspecified atom stereocenters. The molecule has 3 rings (SSSR count). The van der Waals surface area contributed by atoms with Crippen LogP contribution in [0.15, 0.2) is 47.4 Å². The molecule has 0 bridgehead atoms. The fraction of sp³-hybridized carbons (Fsp3) is 0.250. The van der Waals surface area contributed by atoms with E-state index >= 15 is 0 Å². The molecule has 0 aliphatic heterocycles. The van der Waals surface area contributed by atoms with Crippen molar-refractivity contribution in [3.8, 4) is 22.9 Å². The van der Waals surface area contributed by atoms with Crippen LogP contribution < -0.4 is 20.3 Å². The molecule has 1 aromatic carbocycles. The Balaban J connectivity index is 1.64. The number of nitrogens with one attached hydrogen (secondary N) is 2. The minimum Gasteiger partial charge on any atom is -0.497 e. The van der Waals surface area contributed by atoms with E-state index in [-0.39, 0.29) is 30.3 Å². The van der Waals surface area contributed by atoms with Crippen LogP contribution in [0.3, 0.4) is 0 Å². The van der Waals surface area contributed by atoms with Crippen LogP contribution in [0.4, 0.5) is 0 Å². The van der Waals surface area contributed by atoms with Gasteiger partial charge in [0.05, 0.1) is 26.5 Å². The number of amides is 1. The maximum Gasteiger partial charge on any atom is 0.273 e. The van der Waals surface area contributed by atoms with Gasteiger partial charge in [-0.15, -0.1) is 10.2 Å². The number of aryl methyl sites for hydroxylation is 1. The summed E-state index contributed by atoms with van der Waals surface area (Å²) < 4.78 is 10.4. The second kappa shape index (κ2) is 9.45. The zero-order chi connectivity index (χ0) is 20.6. The number of H-pyrrole nitrogens is 1. The third-order valence-corrected chi connectivity index (χ3v) is 4.17. The number of carbonyl (C=O) groups is 1. The molecule has 0 aliphatic rings. The molecule has 0 saturated heterocycles. The van der Waals surface area contributed by atoms with E-state index < -0.39 is 5.56 Å². The number of carbonyl (C=O) groups excluding carboxylic acids is 1. The standard InChI is InChI=1S/C20H21N5O4/c1-28-15-9-13(10-16(11-15)29-2)19-23-20(27)17(24-25-19)6-7-18(26)22-12-14-5-3-4-8-21-14/h3-5,8-11H,6-7,12H2,1-2H3,(H,22,26)(H,23,25,27). The van der Waals surface area contributed by atoms with Crippen molar-refractivity contribution in [2.45, 2.75) is 19.4 Å². The Hall–Kier alpha value is -3.75. The van der Waals surface area contributed by atoms with E-state index in [2.05, 4.69) is 25.5 Å². The zero-order valence-electron chi connectivity index (χ0n) is 16.1. The van der Waals surface area contributed by atoms with Crippen LogP contribution in [0.25, 0.3) is 11.4 Å². The van der Waals surface area contributed by atoms with Crippen LogP contribution in [0, 0.1) is 0 Å². The van der Waals surface area contributed by atoms with Crippen molar-refractivity contribution < 1.29 is 14.3 Å². The van der Waals surface area contributed by atoms with Crippen LogP contribution in [-0.4, -0.2) is 40.3 Å². The summed E-state index contributed by atoms with van der Waals surface area (Å²) in [5.74, 6) is 1.22. The molecule has 0 fully saturated rings. The third-order valence-electron chi connectivity index (χ3n) is 4.17. The van der Waals surface area contributed by atoms with Crippen molar-refractivity contribution in [2.24, 2.45) is 0 Å². The number of benzene rings is 1. The second-order valence-electron chi connectivity index (χ2n) is 6.15. The highest BCUT2D eigenvalue weighted by atomic mass is 16.5. The van der Waals surface area contributed by atoms with Gasteiger partial charge in [0.25, 0.3) is 5.56 Å². The van der Waals surface area contributed by atoms with E-state index in [1.807, 2.05) is 18.2 Å². The first kappa shape index (κ1) is 20.0. The molecule has 150 valence electrons. The third kappa shape index (κ3) is 5.38. The molecule has 0 radical (unpaired) electrons. The Bertz CT molecular complexity index is 1010. The van der Waals surface area contributed by atoms with Crippen LogP contribution in [0.2, 0.25) is 0 Å². The first-order chi connectivity index (χ1) is 14.1. The quantitative estimate of drug-likeness (QED) is 0.593. The summed E-state index contributed by atoms with van der Waals surface area (Å²) in [5.41, 5.74) is 1.16. The lowest BCUT2D eigenvalue weighted by Crippen LogP contribution is -2.25. The smallest absolute Gasteiger partial charge is 0.273 e. The normalized spacial score (nSPS) is 10.4. The number of pyridine rings is 1. The van der Waals surface area contributed by atoms with E-state index in [9.17, 15) is 9.59 Å². The molecule has 0 saturated carbocycles. The Morgan fingerprint density at radius 2 is 1.86 bits per heavy atom. The molecule has 0 aliphatic carbocycles. The van der Waals surface area contributed by atoms with E-state index in [4.69, 9.17) is 9.47 Å².